The van der Waals surface area contributed by atoms with Crippen molar-refractivity contribution >= 4 is 40.5 Å². The fraction of sp³-hybridized carbons (Fsp3) is 0.455. The zero-order valence-electron chi connectivity index (χ0n) is 8.38. The van der Waals surface area contributed by atoms with Crippen molar-refractivity contribution in [3.8, 4) is 0 Å². The van der Waals surface area contributed by atoms with Crippen LogP contribution in [0.3, 0.4) is 0 Å². The van der Waals surface area contributed by atoms with Gasteiger partial charge in [0.2, 0.25) is 0 Å². The van der Waals surface area contributed by atoms with Crippen molar-refractivity contribution in [3.05, 3.63) is 24.3 Å². The largest absolute Gasteiger partial charge is 0.506 e. The molecule has 0 amide bonds. The Bertz CT molecular complexity index is 280. The van der Waals surface area contributed by atoms with Crippen molar-refractivity contribution in [3.63, 3.8) is 0 Å². The molecule has 0 radical (unpaired) electrons. The summed E-state index contributed by atoms with van der Waals surface area (Å²) in [7, 11) is 0. The molecule has 0 bridgehead atoms. The highest BCUT2D eigenvalue weighted by molar-refractivity contribution is 9.23. The SMILES string of the molecule is [Br][Mg][c]1ccc(N2CCCCC2)cc1. The van der Waals surface area contributed by atoms with E-state index in [1.54, 1.807) is 0 Å². The van der Waals surface area contributed by atoms with Gasteiger partial charge in [0.25, 0.3) is 0 Å². The van der Waals surface area contributed by atoms with Crippen LogP contribution >= 0.6 is 12.9 Å². The number of nitrogens with zero attached hydrogens (tertiary/aromatic N) is 1. The second-order valence-electron chi connectivity index (χ2n) is 3.85. The maximum absolute atomic E-state index is 3.60. The summed E-state index contributed by atoms with van der Waals surface area (Å²) < 4.78 is 1.49. The van der Waals surface area contributed by atoms with E-state index in [2.05, 4.69) is 42.0 Å². The Morgan fingerprint density at radius 2 is 1.64 bits per heavy atom. The van der Waals surface area contributed by atoms with Crippen LogP contribution in [0, 0.1) is 0 Å². The third kappa shape index (κ3) is 2.64. The van der Waals surface area contributed by atoms with Crippen LogP contribution in [0.1, 0.15) is 19.3 Å². The lowest BCUT2D eigenvalue weighted by Gasteiger charge is -2.28. The molecule has 1 fully saturated rings. The van der Waals surface area contributed by atoms with Crippen molar-refractivity contribution in [2.24, 2.45) is 0 Å². The minimum atomic E-state index is -0.159. The van der Waals surface area contributed by atoms with E-state index in [1.807, 2.05) is 0 Å². The quantitative estimate of drug-likeness (QED) is 0.741. The van der Waals surface area contributed by atoms with Crippen LogP contribution in [0.4, 0.5) is 5.69 Å². The van der Waals surface area contributed by atoms with Crippen LogP contribution in [0.25, 0.3) is 0 Å². The summed E-state index contributed by atoms with van der Waals surface area (Å²) in [4.78, 5) is 2.50. The van der Waals surface area contributed by atoms with Gasteiger partial charge in [0, 0.05) is 18.8 Å². The molecule has 1 aliphatic heterocycles. The van der Waals surface area contributed by atoms with Crippen molar-refractivity contribution in [1.29, 1.82) is 0 Å². The molecule has 0 N–H and O–H groups in total. The van der Waals surface area contributed by atoms with E-state index in [0.717, 1.165) is 0 Å². The van der Waals surface area contributed by atoms with Gasteiger partial charge in [0.1, 0.15) is 0 Å². The Hall–Kier alpha value is 0.266. The summed E-state index contributed by atoms with van der Waals surface area (Å²) in [6, 6.07) is 9.08. The van der Waals surface area contributed by atoms with E-state index >= 15 is 0 Å². The van der Waals surface area contributed by atoms with Gasteiger partial charge in [-0.25, -0.2) is 0 Å². The van der Waals surface area contributed by atoms with Gasteiger partial charge in [0.05, 0.1) is 0 Å². The standard InChI is InChI=1S/C11H14N.BrH.Mg/c1-3-7-11(8-4-1)12-9-5-2-6-10-12;;/h3-4,7-8H,2,5-6,9-10H2;1H;/q;;+1/p-1. The first-order valence-electron chi connectivity index (χ1n) is 5.30. The van der Waals surface area contributed by atoms with Crippen LogP contribution in [-0.2, 0) is 0 Å². The summed E-state index contributed by atoms with van der Waals surface area (Å²) in [5.74, 6) is 0. The van der Waals surface area contributed by atoms with Crippen LogP contribution in [0.15, 0.2) is 24.3 Å². The molecule has 1 aromatic carbocycles. The Kier molecular flexibility index (Phi) is 4.14. The molecule has 1 nitrogen and oxygen atoms in total. The third-order valence-electron chi connectivity index (χ3n) is 2.81. The van der Waals surface area contributed by atoms with Crippen molar-refractivity contribution < 1.29 is 0 Å². The first-order chi connectivity index (χ1) is 6.90. The molecule has 1 aliphatic rings. The maximum atomic E-state index is 3.60. The highest BCUT2D eigenvalue weighted by Gasteiger charge is 2.10. The number of rotatable bonds is 2. The summed E-state index contributed by atoms with van der Waals surface area (Å²) in [6.07, 6.45) is 4.12. The van der Waals surface area contributed by atoms with Gasteiger partial charge in [-0.1, -0.05) is 12.1 Å². The number of piperidine rings is 1. The van der Waals surface area contributed by atoms with E-state index in [9.17, 15) is 0 Å². The smallest absolute Gasteiger partial charge is 0.372 e. The Morgan fingerprint density at radius 3 is 2.21 bits per heavy atom. The van der Waals surface area contributed by atoms with Gasteiger partial charge in [0.15, 0.2) is 0 Å². The molecule has 0 unspecified atom stereocenters. The summed E-state index contributed by atoms with van der Waals surface area (Å²) in [5.41, 5.74) is 1.41. The lowest BCUT2D eigenvalue weighted by atomic mass is 10.1. The number of hydrogen-bond donors (Lipinski definition) is 0. The molecule has 1 saturated heterocycles. The van der Waals surface area contributed by atoms with Gasteiger partial charge in [-0.3, -0.25) is 12.9 Å². The Morgan fingerprint density at radius 1 is 1.00 bits per heavy atom. The van der Waals surface area contributed by atoms with Crippen LogP contribution in [-0.4, -0.2) is 31.3 Å². The molecule has 72 valence electrons. The number of anilines is 1. The van der Waals surface area contributed by atoms with E-state index in [-0.39, 0.29) is 18.2 Å². The van der Waals surface area contributed by atoms with E-state index in [1.165, 1.54) is 41.7 Å². The molecule has 0 atom stereocenters. The van der Waals surface area contributed by atoms with Crippen molar-refractivity contribution in [2.45, 2.75) is 19.3 Å². The molecule has 1 heterocycles. The van der Waals surface area contributed by atoms with E-state index in [0.29, 0.717) is 0 Å². The lowest BCUT2D eigenvalue weighted by molar-refractivity contribution is 0.578. The fourth-order valence-electron chi connectivity index (χ4n) is 1.95. The molecular weight excluding hydrogens is 250 g/mol. The first kappa shape index (κ1) is 10.8. The minimum Gasteiger partial charge on any atom is -0.372 e. The van der Waals surface area contributed by atoms with Gasteiger partial charge < -0.3 is 4.90 Å². The van der Waals surface area contributed by atoms with Crippen LogP contribution in [0.2, 0.25) is 0 Å². The van der Waals surface area contributed by atoms with Crippen LogP contribution < -0.4 is 8.59 Å². The molecule has 0 aromatic heterocycles. The molecule has 0 spiro atoms. The monoisotopic (exact) mass is 263 g/mol. The number of halogens is 1. The fourth-order valence-corrected chi connectivity index (χ4v) is 3.48. The van der Waals surface area contributed by atoms with E-state index in [4.69, 9.17) is 0 Å². The predicted molar refractivity (Wildman–Crippen MR) is 66.8 cm³/mol. The molecule has 0 aliphatic carbocycles. The van der Waals surface area contributed by atoms with Gasteiger partial charge in [-0.2, -0.15) is 3.69 Å². The van der Waals surface area contributed by atoms with Gasteiger partial charge in [-0.05, 0) is 31.4 Å². The number of hydrogen-bond acceptors (Lipinski definition) is 1. The van der Waals surface area contributed by atoms with Crippen LogP contribution in [0.5, 0.6) is 0 Å². The minimum absolute atomic E-state index is 0.159. The van der Waals surface area contributed by atoms with Crippen molar-refractivity contribution in [2.75, 3.05) is 18.0 Å². The Balaban J connectivity index is 2.07. The summed E-state index contributed by atoms with van der Waals surface area (Å²) >= 11 is 3.44. The predicted octanol–water partition coefficient (Wildman–Crippen LogP) is 2.32. The summed E-state index contributed by atoms with van der Waals surface area (Å²) in [6.45, 7) is 2.48. The van der Waals surface area contributed by atoms with Gasteiger partial charge >= 0.3 is 18.2 Å². The first-order valence-corrected chi connectivity index (χ1v) is 9.90. The Labute approximate surface area is 101 Å². The maximum Gasteiger partial charge on any atom is 0.506 e. The molecule has 14 heavy (non-hydrogen) atoms. The lowest BCUT2D eigenvalue weighted by Crippen LogP contribution is -2.29. The second-order valence-corrected chi connectivity index (χ2v) is 6.61. The average Bonchev–Trinajstić information content (AvgIpc) is 2.30. The van der Waals surface area contributed by atoms with E-state index < -0.39 is 0 Å². The molecule has 1 aromatic rings. The molecule has 3 heteroatoms. The zero-order valence-corrected chi connectivity index (χ0v) is 11.4. The highest BCUT2D eigenvalue weighted by Crippen LogP contribution is 2.18. The third-order valence-corrected chi connectivity index (χ3v) is 5.53. The normalized spacial score (nSPS) is 16.5. The molecule has 2 rings (SSSR count). The summed E-state index contributed by atoms with van der Waals surface area (Å²) in [5, 5.41) is 0. The molecule has 0 saturated carbocycles. The number of benzene rings is 1. The van der Waals surface area contributed by atoms with Gasteiger partial charge in [-0.15, -0.1) is 0 Å². The second kappa shape index (κ2) is 5.38. The molecular formula is C11H14BrMgN. The zero-order chi connectivity index (χ0) is 9.80. The average molecular weight is 264 g/mol. The topological polar surface area (TPSA) is 3.24 Å². The highest BCUT2D eigenvalue weighted by atomic mass is 79.9. The van der Waals surface area contributed by atoms with Crippen molar-refractivity contribution in [1.82, 2.24) is 0 Å².